The van der Waals surface area contributed by atoms with Crippen LogP contribution in [0.4, 0.5) is 0 Å². The lowest BCUT2D eigenvalue weighted by molar-refractivity contribution is -0.122. The van der Waals surface area contributed by atoms with E-state index < -0.39 is 0 Å². The van der Waals surface area contributed by atoms with Crippen molar-refractivity contribution in [3.63, 3.8) is 0 Å². The summed E-state index contributed by atoms with van der Waals surface area (Å²) in [4.78, 5) is 16.4. The first kappa shape index (κ1) is 17.0. The van der Waals surface area contributed by atoms with E-state index in [0.717, 1.165) is 22.6 Å². The van der Waals surface area contributed by atoms with Gasteiger partial charge in [-0.15, -0.1) is 0 Å². The molecule has 1 amide bonds. The Morgan fingerprint density at radius 3 is 2.76 bits per heavy atom. The minimum atomic E-state index is 0.0143. The second-order valence-electron chi connectivity index (χ2n) is 6.30. The lowest BCUT2D eigenvalue weighted by Gasteiger charge is -2.15. The number of carbonyl (C=O) groups excluding carboxylic acids is 1. The molecule has 0 spiro atoms. The Hall–Kier alpha value is -2.89. The fourth-order valence-corrected chi connectivity index (χ4v) is 3.03. The van der Waals surface area contributed by atoms with Gasteiger partial charge in [0.05, 0.1) is 23.8 Å². The van der Waals surface area contributed by atoms with E-state index in [4.69, 9.17) is 0 Å². The number of hydrogen-bond donors (Lipinski definition) is 1. The van der Waals surface area contributed by atoms with Crippen LogP contribution in [0.5, 0.6) is 0 Å². The Balaban J connectivity index is 1.62. The molecule has 2 heterocycles. The summed E-state index contributed by atoms with van der Waals surface area (Å²) in [6, 6.07) is 10.0. The highest BCUT2D eigenvalue weighted by Gasteiger charge is 2.14. The molecule has 25 heavy (non-hydrogen) atoms. The van der Waals surface area contributed by atoms with Crippen molar-refractivity contribution >= 4 is 5.91 Å². The van der Waals surface area contributed by atoms with Crippen LogP contribution in [0, 0.1) is 13.8 Å². The molecule has 0 unspecified atom stereocenters. The molecular weight excluding hydrogens is 314 g/mol. The van der Waals surface area contributed by atoms with Gasteiger partial charge in [-0.2, -0.15) is 5.10 Å². The molecule has 0 saturated heterocycles. The average molecular weight is 337 g/mol. The Labute approximate surface area is 147 Å². The summed E-state index contributed by atoms with van der Waals surface area (Å²) in [5.41, 5.74) is 4.11. The summed E-state index contributed by atoms with van der Waals surface area (Å²) >= 11 is 0. The Bertz CT molecular complexity index is 851. The van der Waals surface area contributed by atoms with E-state index in [1.165, 1.54) is 0 Å². The highest BCUT2D eigenvalue weighted by molar-refractivity contribution is 5.76. The van der Waals surface area contributed by atoms with Crippen LogP contribution in [0.2, 0.25) is 0 Å². The second kappa shape index (κ2) is 7.34. The number of nitrogens with zero attached hydrogens (tertiary/aromatic N) is 4. The monoisotopic (exact) mass is 337 g/mol. The molecular formula is C19H23N5O. The van der Waals surface area contributed by atoms with Gasteiger partial charge >= 0.3 is 0 Å². The molecule has 1 atom stereocenters. The van der Waals surface area contributed by atoms with Crippen LogP contribution in [-0.4, -0.2) is 25.2 Å². The number of imidazole rings is 1. The van der Waals surface area contributed by atoms with Crippen molar-refractivity contribution < 1.29 is 4.79 Å². The first-order valence-corrected chi connectivity index (χ1v) is 8.40. The molecule has 0 fully saturated rings. The van der Waals surface area contributed by atoms with Gasteiger partial charge < -0.3 is 9.88 Å². The molecule has 130 valence electrons. The molecule has 0 aliphatic heterocycles. The smallest absolute Gasteiger partial charge is 0.222 e. The zero-order valence-corrected chi connectivity index (χ0v) is 14.8. The lowest BCUT2D eigenvalue weighted by Crippen LogP contribution is -2.26. The quantitative estimate of drug-likeness (QED) is 0.752. The summed E-state index contributed by atoms with van der Waals surface area (Å²) in [5, 5.41) is 7.47. The van der Waals surface area contributed by atoms with Crippen LogP contribution in [0.25, 0.3) is 5.69 Å². The van der Waals surface area contributed by atoms with Crippen molar-refractivity contribution in [3.8, 4) is 5.69 Å². The van der Waals surface area contributed by atoms with Gasteiger partial charge in [0.15, 0.2) is 0 Å². The topological polar surface area (TPSA) is 64.7 Å². The Morgan fingerprint density at radius 1 is 1.28 bits per heavy atom. The minimum absolute atomic E-state index is 0.0143. The predicted molar refractivity (Wildman–Crippen MR) is 96.4 cm³/mol. The third-order valence-corrected chi connectivity index (χ3v) is 4.19. The van der Waals surface area contributed by atoms with Crippen molar-refractivity contribution in [3.05, 3.63) is 66.0 Å². The van der Waals surface area contributed by atoms with Gasteiger partial charge in [-0.05, 0) is 38.5 Å². The van der Waals surface area contributed by atoms with E-state index in [-0.39, 0.29) is 11.9 Å². The zero-order valence-electron chi connectivity index (χ0n) is 14.8. The van der Waals surface area contributed by atoms with Crippen LogP contribution >= 0.6 is 0 Å². The maximum absolute atomic E-state index is 12.3. The van der Waals surface area contributed by atoms with E-state index in [0.29, 0.717) is 13.0 Å². The normalized spacial score (nSPS) is 12.1. The molecule has 0 bridgehead atoms. The van der Waals surface area contributed by atoms with Crippen LogP contribution in [-0.2, 0) is 11.3 Å². The lowest BCUT2D eigenvalue weighted by atomic mass is 10.1. The Morgan fingerprint density at radius 2 is 2.08 bits per heavy atom. The fraction of sp³-hybridized carbons (Fsp3) is 0.316. The van der Waals surface area contributed by atoms with Crippen molar-refractivity contribution in [1.82, 2.24) is 24.6 Å². The molecule has 0 aliphatic carbocycles. The van der Waals surface area contributed by atoms with E-state index in [9.17, 15) is 4.79 Å². The molecule has 0 saturated carbocycles. The van der Waals surface area contributed by atoms with Crippen LogP contribution < -0.4 is 5.32 Å². The third-order valence-electron chi connectivity index (χ3n) is 4.19. The summed E-state index contributed by atoms with van der Waals surface area (Å²) in [6.45, 7) is 6.47. The van der Waals surface area contributed by atoms with E-state index in [1.54, 1.807) is 12.5 Å². The molecule has 3 aromatic rings. The summed E-state index contributed by atoms with van der Waals surface area (Å²) in [6.07, 6.45) is 5.79. The Kier molecular flexibility index (Phi) is 4.97. The second-order valence-corrected chi connectivity index (χ2v) is 6.30. The first-order chi connectivity index (χ1) is 12.0. The molecule has 6 heteroatoms. The average Bonchev–Trinajstić information content (AvgIpc) is 3.22. The van der Waals surface area contributed by atoms with E-state index >= 15 is 0 Å². The molecule has 1 aromatic carbocycles. The van der Waals surface area contributed by atoms with Gasteiger partial charge in [-0.25, -0.2) is 4.98 Å². The maximum Gasteiger partial charge on any atom is 0.222 e. The highest BCUT2D eigenvalue weighted by atomic mass is 16.1. The molecule has 0 radical (unpaired) electrons. The van der Waals surface area contributed by atoms with Crippen molar-refractivity contribution in [2.24, 2.45) is 0 Å². The van der Waals surface area contributed by atoms with Crippen LogP contribution in [0.1, 0.15) is 36.3 Å². The van der Waals surface area contributed by atoms with Gasteiger partial charge in [-0.1, -0.05) is 18.2 Å². The summed E-state index contributed by atoms with van der Waals surface area (Å²) < 4.78 is 3.86. The van der Waals surface area contributed by atoms with Gasteiger partial charge in [0.25, 0.3) is 0 Å². The van der Waals surface area contributed by atoms with Crippen molar-refractivity contribution in [2.45, 2.75) is 39.8 Å². The molecule has 0 aliphatic rings. The number of para-hydroxylation sites is 1. The summed E-state index contributed by atoms with van der Waals surface area (Å²) in [5.74, 6) is 0.0143. The minimum Gasteiger partial charge on any atom is -0.352 e. The maximum atomic E-state index is 12.3. The number of carbonyl (C=O) groups is 1. The van der Waals surface area contributed by atoms with Crippen molar-refractivity contribution in [1.29, 1.82) is 0 Å². The largest absolute Gasteiger partial charge is 0.352 e. The molecule has 6 nitrogen and oxygen atoms in total. The first-order valence-electron chi connectivity index (χ1n) is 8.40. The molecule has 3 rings (SSSR count). The zero-order chi connectivity index (χ0) is 17.8. The summed E-state index contributed by atoms with van der Waals surface area (Å²) in [7, 11) is 0. The van der Waals surface area contributed by atoms with Crippen LogP contribution in [0.15, 0.2) is 49.1 Å². The van der Waals surface area contributed by atoms with Gasteiger partial charge in [0, 0.05) is 31.1 Å². The number of rotatable bonds is 6. The number of benzene rings is 1. The van der Waals surface area contributed by atoms with Crippen molar-refractivity contribution in [2.75, 3.05) is 0 Å². The fourth-order valence-electron chi connectivity index (χ4n) is 3.03. The molecule has 1 N–H and O–H groups in total. The van der Waals surface area contributed by atoms with E-state index in [1.807, 2.05) is 66.5 Å². The highest BCUT2D eigenvalue weighted by Crippen LogP contribution is 2.16. The standard InChI is InChI=1S/C19H23N5O/c1-14-10-15(2)24(22-14)16(3)11-19(25)21-12-17-6-4-5-7-18(17)23-9-8-20-13-23/h4-10,13,16H,11-12H2,1-3H3,(H,21,25)/t16-/m1/s1. The third kappa shape index (κ3) is 3.96. The van der Waals surface area contributed by atoms with Gasteiger partial charge in [-0.3, -0.25) is 9.48 Å². The number of aryl methyl sites for hydroxylation is 2. The number of amides is 1. The van der Waals surface area contributed by atoms with E-state index in [2.05, 4.69) is 15.4 Å². The number of nitrogens with one attached hydrogen (secondary N) is 1. The van der Waals surface area contributed by atoms with Crippen LogP contribution in [0.3, 0.4) is 0 Å². The predicted octanol–water partition coefficient (Wildman–Crippen LogP) is 2.95. The SMILES string of the molecule is Cc1cc(C)n([C@H](C)CC(=O)NCc2ccccc2-n2ccnc2)n1. The van der Waals surface area contributed by atoms with Gasteiger partial charge in [0.2, 0.25) is 5.91 Å². The number of aromatic nitrogens is 4. The molecule has 2 aromatic heterocycles. The van der Waals surface area contributed by atoms with Gasteiger partial charge in [0.1, 0.15) is 0 Å². The number of hydrogen-bond acceptors (Lipinski definition) is 3.